The van der Waals surface area contributed by atoms with Gasteiger partial charge in [-0.3, -0.25) is 9.89 Å². The fraction of sp³-hybridized carbons (Fsp3) is 0.0741. The van der Waals surface area contributed by atoms with Gasteiger partial charge >= 0.3 is 5.97 Å². The van der Waals surface area contributed by atoms with Crippen LogP contribution in [0.25, 0.3) is 16.9 Å². The number of halogens is 2. The maximum Gasteiger partial charge on any atom is 0.356 e. The second kappa shape index (κ2) is 9.83. The van der Waals surface area contributed by atoms with E-state index in [4.69, 9.17) is 9.47 Å². The van der Waals surface area contributed by atoms with Crippen LogP contribution < -0.4 is 10.3 Å². The van der Waals surface area contributed by atoms with Crippen LogP contribution >= 0.6 is 0 Å². The number of carbonyl (C=O) groups excluding carboxylic acids is 1. The first kappa shape index (κ1) is 23.0. The molecule has 0 aliphatic heterocycles. The second-order valence-corrected chi connectivity index (χ2v) is 7.96. The molecule has 2 aromatic heterocycles. The molecule has 9 heteroatoms. The Bertz CT molecular complexity index is 1610. The predicted molar refractivity (Wildman–Crippen MR) is 128 cm³/mol. The van der Waals surface area contributed by atoms with Crippen LogP contribution in [0.3, 0.4) is 0 Å². The molecule has 0 unspecified atom stereocenters. The van der Waals surface area contributed by atoms with Crippen LogP contribution in [0.4, 0.5) is 8.78 Å². The highest BCUT2D eigenvalue weighted by atomic mass is 19.1. The minimum Gasteiger partial charge on any atom is -0.489 e. The highest BCUT2D eigenvalue weighted by Gasteiger charge is 2.15. The molecule has 36 heavy (non-hydrogen) atoms. The topological polar surface area (TPSA) is 85.7 Å². The van der Waals surface area contributed by atoms with Gasteiger partial charge in [0.15, 0.2) is 5.65 Å². The van der Waals surface area contributed by atoms with Gasteiger partial charge in [0.05, 0.1) is 5.69 Å². The average molecular weight is 487 g/mol. The molecule has 0 atom stereocenters. The van der Waals surface area contributed by atoms with E-state index in [-0.39, 0.29) is 35.7 Å². The third-order valence-electron chi connectivity index (χ3n) is 5.42. The summed E-state index contributed by atoms with van der Waals surface area (Å²) in [6, 6.07) is 22.1. The number of nitrogens with one attached hydrogen (secondary N) is 1. The first-order valence-electron chi connectivity index (χ1n) is 11.0. The number of rotatable bonds is 7. The van der Waals surface area contributed by atoms with Crippen LogP contribution in [-0.4, -0.2) is 20.6 Å². The molecule has 0 aliphatic rings. The molecule has 5 aromatic rings. The zero-order valence-electron chi connectivity index (χ0n) is 18.8. The van der Waals surface area contributed by atoms with Gasteiger partial charge in [-0.15, -0.1) is 0 Å². The number of aromatic nitrogens is 3. The van der Waals surface area contributed by atoms with Crippen molar-refractivity contribution in [1.29, 1.82) is 0 Å². The minimum absolute atomic E-state index is 0.0616. The Labute approximate surface area is 203 Å². The van der Waals surface area contributed by atoms with Gasteiger partial charge in [-0.25, -0.2) is 23.1 Å². The molecule has 0 saturated carbocycles. The van der Waals surface area contributed by atoms with Crippen molar-refractivity contribution in [1.82, 2.24) is 14.6 Å². The standard InChI is InChI=1S/C27H19F2N3O4/c28-20-10-9-19(22(29)12-20)16-35-21-8-4-5-17(11-21)15-36-27(34)24-13-25-30-23(14-26(33)32(25)31-24)18-6-2-1-3-7-18/h1-14,31H,15-16H2. The Hall–Kier alpha value is -4.79. The summed E-state index contributed by atoms with van der Waals surface area (Å²) in [5, 5.41) is 2.72. The Morgan fingerprint density at radius 3 is 2.56 bits per heavy atom. The summed E-state index contributed by atoms with van der Waals surface area (Å²) in [4.78, 5) is 29.6. The molecule has 180 valence electrons. The molecule has 0 spiro atoms. The molecule has 5 rings (SSSR count). The normalized spacial score (nSPS) is 10.9. The fourth-order valence-electron chi connectivity index (χ4n) is 3.60. The van der Waals surface area contributed by atoms with Crippen molar-refractivity contribution in [2.45, 2.75) is 13.2 Å². The zero-order valence-corrected chi connectivity index (χ0v) is 18.8. The zero-order chi connectivity index (χ0) is 25.1. The summed E-state index contributed by atoms with van der Waals surface area (Å²) < 4.78 is 39.0. The second-order valence-electron chi connectivity index (χ2n) is 7.96. The van der Waals surface area contributed by atoms with E-state index in [2.05, 4.69) is 10.1 Å². The number of fused-ring (bicyclic) bond motifs is 1. The van der Waals surface area contributed by atoms with Gasteiger partial charge in [-0.05, 0) is 29.8 Å². The molecule has 0 saturated heterocycles. The molecule has 0 bridgehead atoms. The maximum atomic E-state index is 13.8. The highest BCUT2D eigenvalue weighted by molar-refractivity contribution is 5.88. The third kappa shape index (κ3) is 5.00. The van der Waals surface area contributed by atoms with Crippen LogP contribution in [0.5, 0.6) is 5.75 Å². The van der Waals surface area contributed by atoms with E-state index in [1.165, 1.54) is 22.7 Å². The van der Waals surface area contributed by atoms with E-state index in [1.54, 1.807) is 24.3 Å². The molecule has 1 N–H and O–H groups in total. The molecule has 0 fully saturated rings. The van der Waals surface area contributed by atoms with Crippen LogP contribution in [0.15, 0.2) is 89.7 Å². The van der Waals surface area contributed by atoms with Crippen LogP contribution in [0.2, 0.25) is 0 Å². The van der Waals surface area contributed by atoms with Gasteiger partial charge in [0, 0.05) is 29.3 Å². The smallest absolute Gasteiger partial charge is 0.356 e. The molecule has 0 aliphatic carbocycles. The SMILES string of the molecule is O=C(OCc1cccc(OCc2ccc(F)cc2F)c1)c1cc2nc(-c3ccccc3)cc(=O)n2[nH]1. The average Bonchev–Trinajstić information content (AvgIpc) is 3.33. The summed E-state index contributed by atoms with van der Waals surface area (Å²) in [6.45, 7) is -0.148. The van der Waals surface area contributed by atoms with Crippen molar-refractivity contribution in [2.75, 3.05) is 0 Å². The summed E-state index contributed by atoms with van der Waals surface area (Å²) in [7, 11) is 0. The largest absolute Gasteiger partial charge is 0.489 e. The lowest BCUT2D eigenvalue weighted by molar-refractivity contribution is 0.0465. The fourth-order valence-corrected chi connectivity index (χ4v) is 3.60. The van der Waals surface area contributed by atoms with Gasteiger partial charge in [-0.1, -0.05) is 42.5 Å². The molecular formula is C27H19F2N3O4. The number of hydrogen-bond donors (Lipinski definition) is 1. The number of benzene rings is 3. The number of nitrogens with zero attached hydrogens (tertiary/aromatic N) is 2. The van der Waals surface area contributed by atoms with E-state index in [1.807, 2.05) is 30.3 Å². The third-order valence-corrected chi connectivity index (χ3v) is 5.42. The maximum absolute atomic E-state index is 13.8. The quantitative estimate of drug-likeness (QED) is 0.330. The summed E-state index contributed by atoms with van der Waals surface area (Å²) in [6.07, 6.45) is 0. The van der Waals surface area contributed by atoms with Crippen molar-refractivity contribution in [3.05, 3.63) is 124 Å². The number of hydrogen-bond acceptors (Lipinski definition) is 5. The minimum atomic E-state index is -0.692. The van der Waals surface area contributed by atoms with E-state index in [0.717, 1.165) is 17.7 Å². The first-order valence-corrected chi connectivity index (χ1v) is 11.0. The van der Waals surface area contributed by atoms with Crippen LogP contribution in [0, 0.1) is 11.6 Å². The number of aromatic amines is 1. The van der Waals surface area contributed by atoms with E-state index in [9.17, 15) is 18.4 Å². The van der Waals surface area contributed by atoms with Gasteiger partial charge in [0.2, 0.25) is 0 Å². The highest BCUT2D eigenvalue weighted by Crippen LogP contribution is 2.19. The Kier molecular flexibility index (Phi) is 6.27. The van der Waals surface area contributed by atoms with Gasteiger partial charge in [0.1, 0.15) is 36.3 Å². The van der Waals surface area contributed by atoms with Crippen LogP contribution in [-0.2, 0) is 18.0 Å². The molecule has 3 aromatic carbocycles. The lowest BCUT2D eigenvalue weighted by Crippen LogP contribution is -2.15. The van der Waals surface area contributed by atoms with Gasteiger partial charge in [0.25, 0.3) is 5.56 Å². The Morgan fingerprint density at radius 2 is 1.75 bits per heavy atom. The van der Waals surface area contributed by atoms with Crippen molar-refractivity contribution in [3.8, 4) is 17.0 Å². The van der Waals surface area contributed by atoms with Crippen molar-refractivity contribution < 1.29 is 23.0 Å². The number of carbonyl (C=O) groups is 1. The number of H-pyrrole nitrogens is 1. The number of esters is 1. The molecule has 2 heterocycles. The van der Waals surface area contributed by atoms with Gasteiger partial charge in [-0.2, -0.15) is 0 Å². The predicted octanol–water partition coefficient (Wildman–Crippen LogP) is 4.90. The van der Waals surface area contributed by atoms with Crippen molar-refractivity contribution in [3.63, 3.8) is 0 Å². The molecule has 0 amide bonds. The summed E-state index contributed by atoms with van der Waals surface area (Å²) in [5.41, 5.74) is 2.13. The molecule has 0 radical (unpaired) electrons. The van der Waals surface area contributed by atoms with Crippen molar-refractivity contribution in [2.24, 2.45) is 0 Å². The molecular weight excluding hydrogens is 468 g/mol. The Balaban J connectivity index is 1.26. The number of ether oxygens (including phenoxy) is 2. The van der Waals surface area contributed by atoms with E-state index >= 15 is 0 Å². The van der Waals surface area contributed by atoms with E-state index in [0.29, 0.717) is 17.0 Å². The monoisotopic (exact) mass is 487 g/mol. The van der Waals surface area contributed by atoms with E-state index < -0.39 is 17.6 Å². The summed E-state index contributed by atoms with van der Waals surface area (Å²) in [5.74, 6) is -1.59. The van der Waals surface area contributed by atoms with Gasteiger partial charge < -0.3 is 9.47 Å². The lowest BCUT2D eigenvalue weighted by Gasteiger charge is -2.09. The summed E-state index contributed by atoms with van der Waals surface area (Å²) >= 11 is 0. The van der Waals surface area contributed by atoms with Crippen LogP contribution in [0.1, 0.15) is 21.6 Å². The molecule has 7 nitrogen and oxygen atoms in total. The Morgan fingerprint density at radius 1 is 0.917 bits per heavy atom. The van der Waals surface area contributed by atoms with Crippen molar-refractivity contribution >= 4 is 11.6 Å². The first-order chi connectivity index (χ1) is 17.5. The lowest BCUT2D eigenvalue weighted by atomic mass is 10.1.